The Hall–Kier alpha value is -2.94. The Labute approximate surface area is 167 Å². The summed E-state index contributed by atoms with van der Waals surface area (Å²) in [5, 5.41) is 0. The number of aromatic nitrogens is 1. The zero-order chi connectivity index (χ0) is 19.3. The van der Waals surface area contributed by atoms with Gasteiger partial charge in [0.1, 0.15) is 0 Å². The van der Waals surface area contributed by atoms with E-state index in [0.717, 1.165) is 18.5 Å². The molecule has 0 spiro atoms. The van der Waals surface area contributed by atoms with Crippen LogP contribution in [0, 0.1) is 0 Å². The Morgan fingerprint density at radius 3 is 2.00 bits per heavy atom. The van der Waals surface area contributed by atoms with Crippen molar-refractivity contribution in [2.24, 2.45) is 0 Å². The molecule has 1 aromatic heterocycles. The van der Waals surface area contributed by atoms with Gasteiger partial charge in [0.25, 0.3) is 0 Å². The zero-order valence-electron chi connectivity index (χ0n) is 16.2. The van der Waals surface area contributed by atoms with Crippen LogP contribution in [0.4, 0.5) is 0 Å². The van der Waals surface area contributed by atoms with Crippen molar-refractivity contribution in [3.63, 3.8) is 0 Å². The van der Waals surface area contributed by atoms with Gasteiger partial charge in [-0.05, 0) is 43.0 Å². The van der Waals surface area contributed by atoms with E-state index in [2.05, 4.69) is 41.1 Å². The molecule has 1 heterocycles. The van der Waals surface area contributed by atoms with Crippen LogP contribution in [0.2, 0.25) is 0 Å². The molecule has 2 aromatic carbocycles. The summed E-state index contributed by atoms with van der Waals surface area (Å²) >= 11 is 0. The van der Waals surface area contributed by atoms with Crippen LogP contribution in [0.5, 0.6) is 0 Å². The minimum absolute atomic E-state index is 0.00611. The van der Waals surface area contributed by atoms with Gasteiger partial charge < -0.3 is 4.90 Å². The van der Waals surface area contributed by atoms with Gasteiger partial charge in [0.05, 0.1) is 11.7 Å². The maximum absolute atomic E-state index is 13.5. The van der Waals surface area contributed by atoms with Crippen LogP contribution in [-0.4, -0.2) is 21.8 Å². The van der Waals surface area contributed by atoms with E-state index in [0.29, 0.717) is 12.5 Å². The fraction of sp³-hybridized carbons (Fsp3) is 0.280. The third-order valence-electron chi connectivity index (χ3n) is 5.54. The third-order valence-corrected chi connectivity index (χ3v) is 5.54. The van der Waals surface area contributed by atoms with Crippen molar-refractivity contribution in [1.29, 1.82) is 0 Å². The number of carbonyl (C=O) groups is 1. The van der Waals surface area contributed by atoms with E-state index in [1.807, 2.05) is 54.6 Å². The molecule has 1 aliphatic rings. The van der Waals surface area contributed by atoms with E-state index in [1.165, 1.54) is 11.1 Å². The van der Waals surface area contributed by atoms with Gasteiger partial charge in [-0.2, -0.15) is 0 Å². The lowest BCUT2D eigenvalue weighted by Gasteiger charge is -2.31. The summed E-state index contributed by atoms with van der Waals surface area (Å²) in [6.45, 7) is 2.10. The van der Waals surface area contributed by atoms with E-state index >= 15 is 0 Å². The number of pyridine rings is 1. The van der Waals surface area contributed by atoms with Crippen LogP contribution in [0.1, 0.15) is 55.0 Å². The fourth-order valence-corrected chi connectivity index (χ4v) is 3.93. The van der Waals surface area contributed by atoms with Crippen molar-refractivity contribution in [1.82, 2.24) is 9.88 Å². The number of rotatable bonds is 7. The second-order valence-corrected chi connectivity index (χ2v) is 7.54. The highest BCUT2D eigenvalue weighted by Gasteiger charge is 2.37. The van der Waals surface area contributed by atoms with Crippen molar-refractivity contribution in [2.45, 2.75) is 44.2 Å². The monoisotopic (exact) mass is 370 g/mol. The minimum Gasteiger partial charge on any atom is -0.331 e. The predicted molar refractivity (Wildman–Crippen MR) is 112 cm³/mol. The van der Waals surface area contributed by atoms with Gasteiger partial charge in [0.2, 0.25) is 5.91 Å². The highest BCUT2D eigenvalue weighted by Crippen LogP contribution is 2.37. The number of benzene rings is 2. The van der Waals surface area contributed by atoms with Crippen LogP contribution in [0.15, 0.2) is 85.1 Å². The molecule has 3 nitrogen and oxygen atoms in total. The molecule has 0 radical (unpaired) electrons. The topological polar surface area (TPSA) is 33.2 Å². The van der Waals surface area contributed by atoms with Gasteiger partial charge >= 0.3 is 0 Å². The fourth-order valence-electron chi connectivity index (χ4n) is 3.93. The molecule has 1 aliphatic carbocycles. The molecule has 1 saturated carbocycles. The molecule has 1 amide bonds. The van der Waals surface area contributed by atoms with Crippen LogP contribution in [0.25, 0.3) is 0 Å². The average Bonchev–Trinajstić information content (AvgIpc) is 3.59. The Bertz CT molecular complexity index is 852. The first-order valence-electron chi connectivity index (χ1n) is 10.1. The molecule has 0 N–H and O–H groups in total. The predicted octanol–water partition coefficient (Wildman–Crippen LogP) is 5.36. The quantitative estimate of drug-likeness (QED) is 0.561. The Balaban J connectivity index is 1.61. The van der Waals surface area contributed by atoms with Crippen molar-refractivity contribution < 1.29 is 4.79 Å². The SMILES string of the molecule is CC(c1ccccn1)N(C(=O)CC(c1ccccc1)c1ccccc1)C1CC1. The van der Waals surface area contributed by atoms with E-state index in [1.54, 1.807) is 6.20 Å². The third kappa shape index (κ3) is 4.14. The Morgan fingerprint density at radius 2 is 1.50 bits per heavy atom. The first-order chi connectivity index (χ1) is 13.7. The van der Waals surface area contributed by atoms with Crippen molar-refractivity contribution in [3.05, 3.63) is 102 Å². The molecule has 1 unspecified atom stereocenters. The van der Waals surface area contributed by atoms with E-state index in [4.69, 9.17) is 0 Å². The molecular weight excluding hydrogens is 344 g/mol. The van der Waals surface area contributed by atoms with Crippen molar-refractivity contribution >= 4 is 5.91 Å². The molecule has 3 aromatic rings. The molecule has 0 saturated heterocycles. The number of amides is 1. The van der Waals surface area contributed by atoms with Gasteiger partial charge in [0, 0.05) is 24.6 Å². The summed E-state index contributed by atoms with van der Waals surface area (Å²) in [7, 11) is 0. The Morgan fingerprint density at radius 1 is 0.929 bits per heavy atom. The highest BCUT2D eigenvalue weighted by molar-refractivity contribution is 5.79. The second-order valence-electron chi connectivity index (χ2n) is 7.54. The van der Waals surface area contributed by atoms with Crippen LogP contribution >= 0.6 is 0 Å². The van der Waals surface area contributed by atoms with Crippen LogP contribution in [0.3, 0.4) is 0 Å². The number of carbonyl (C=O) groups excluding carboxylic acids is 1. The number of hydrogen-bond acceptors (Lipinski definition) is 2. The summed E-state index contributed by atoms with van der Waals surface area (Å²) in [6.07, 6.45) is 4.45. The first kappa shape index (κ1) is 18.4. The summed E-state index contributed by atoms with van der Waals surface area (Å²) in [5.74, 6) is 0.269. The number of nitrogens with zero attached hydrogens (tertiary/aromatic N) is 2. The smallest absolute Gasteiger partial charge is 0.224 e. The van der Waals surface area contributed by atoms with Gasteiger partial charge in [-0.1, -0.05) is 66.7 Å². The lowest BCUT2D eigenvalue weighted by molar-refractivity contribution is -0.134. The molecule has 1 atom stereocenters. The summed E-state index contributed by atoms with van der Waals surface area (Å²) in [6, 6.07) is 27.0. The first-order valence-corrected chi connectivity index (χ1v) is 10.1. The molecule has 0 bridgehead atoms. The van der Waals surface area contributed by atoms with E-state index in [9.17, 15) is 4.79 Å². The molecule has 0 aliphatic heterocycles. The van der Waals surface area contributed by atoms with E-state index < -0.39 is 0 Å². The summed E-state index contributed by atoms with van der Waals surface area (Å²) in [4.78, 5) is 20.1. The van der Waals surface area contributed by atoms with Crippen molar-refractivity contribution in [3.8, 4) is 0 Å². The molecular formula is C25H26N2O. The van der Waals surface area contributed by atoms with Gasteiger partial charge in [-0.15, -0.1) is 0 Å². The average molecular weight is 370 g/mol. The maximum atomic E-state index is 13.5. The largest absolute Gasteiger partial charge is 0.331 e. The lowest BCUT2D eigenvalue weighted by atomic mass is 9.88. The van der Waals surface area contributed by atoms with E-state index in [-0.39, 0.29) is 17.9 Å². The maximum Gasteiger partial charge on any atom is 0.224 e. The molecule has 28 heavy (non-hydrogen) atoms. The Kier molecular flexibility index (Phi) is 5.52. The standard InChI is InChI=1S/C25H26N2O/c1-19(24-14-8-9-17-26-24)27(22-15-16-22)25(28)18-23(20-10-4-2-5-11-20)21-12-6-3-7-13-21/h2-14,17,19,22-23H,15-16,18H2,1H3. The molecule has 1 fully saturated rings. The zero-order valence-corrected chi connectivity index (χ0v) is 16.2. The molecule has 142 valence electrons. The molecule has 3 heteroatoms. The molecule has 4 rings (SSSR count). The van der Waals surface area contributed by atoms with Crippen LogP contribution < -0.4 is 0 Å². The lowest BCUT2D eigenvalue weighted by Crippen LogP contribution is -2.36. The second kappa shape index (κ2) is 8.39. The summed E-state index contributed by atoms with van der Waals surface area (Å²) < 4.78 is 0. The number of hydrogen-bond donors (Lipinski definition) is 0. The minimum atomic E-state index is -0.00611. The normalized spacial score (nSPS) is 14.6. The highest BCUT2D eigenvalue weighted by atomic mass is 16.2. The van der Waals surface area contributed by atoms with Crippen molar-refractivity contribution in [2.75, 3.05) is 0 Å². The summed E-state index contributed by atoms with van der Waals surface area (Å²) in [5.41, 5.74) is 3.32. The van der Waals surface area contributed by atoms with Gasteiger partial charge in [-0.25, -0.2) is 0 Å². The van der Waals surface area contributed by atoms with Gasteiger partial charge in [-0.3, -0.25) is 9.78 Å². The van der Waals surface area contributed by atoms with Crippen LogP contribution in [-0.2, 0) is 4.79 Å². The van der Waals surface area contributed by atoms with Gasteiger partial charge in [0.15, 0.2) is 0 Å².